The molecule has 1 aliphatic heterocycles. The van der Waals surface area contributed by atoms with E-state index >= 15 is 0 Å². The smallest absolute Gasteiger partial charge is 0.295 e. The molecule has 1 unspecified atom stereocenters. The van der Waals surface area contributed by atoms with E-state index < -0.39 is 27.5 Å². The number of carbonyl (C=O) groups is 1. The van der Waals surface area contributed by atoms with Gasteiger partial charge < -0.3 is 5.32 Å². The average Bonchev–Trinajstić information content (AvgIpc) is 3.17. The molecule has 0 radical (unpaired) electrons. The van der Waals surface area contributed by atoms with Gasteiger partial charge >= 0.3 is 0 Å². The Morgan fingerprint density at radius 1 is 0.970 bits per heavy atom. The summed E-state index contributed by atoms with van der Waals surface area (Å²) in [6, 6.07) is 18.4. The summed E-state index contributed by atoms with van der Waals surface area (Å²) in [6.07, 6.45) is 0. The van der Waals surface area contributed by atoms with Crippen molar-refractivity contribution in [3.63, 3.8) is 0 Å². The fourth-order valence-corrected chi connectivity index (χ4v) is 6.25. The van der Waals surface area contributed by atoms with Crippen LogP contribution in [-0.2, 0) is 21.9 Å². The van der Waals surface area contributed by atoms with Crippen LogP contribution in [0.3, 0.4) is 0 Å². The molecule has 33 heavy (non-hydrogen) atoms. The van der Waals surface area contributed by atoms with E-state index in [1.165, 1.54) is 11.6 Å². The fourth-order valence-electron chi connectivity index (χ4n) is 4.38. The van der Waals surface area contributed by atoms with E-state index in [-0.39, 0.29) is 10.6 Å². The minimum atomic E-state index is -3.92. The summed E-state index contributed by atoms with van der Waals surface area (Å²) in [5.74, 6) is -0.589. The molecule has 1 aromatic heterocycles. The van der Waals surface area contributed by atoms with Crippen LogP contribution in [0, 0.1) is 6.92 Å². The average molecular weight is 463 g/mol. The molecule has 1 aliphatic rings. The SMILES string of the molecule is Cc1c(NC(=O)C(C)N2c3cccc4cccc(c34)S2(=O)=O)c(=O)n(-c2ccccc2)n1C. The van der Waals surface area contributed by atoms with Crippen LogP contribution in [0.5, 0.6) is 0 Å². The lowest BCUT2D eigenvalue weighted by Crippen LogP contribution is -2.44. The van der Waals surface area contributed by atoms with Crippen molar-refractivity contribution in [2.75, 3.05) is 9.62 Å². The highest BCUT2D eigenvalue weighted by molar-refractivity contribution is 7.93. The highest BCUT2D eigenvalue weighted by Gasteiger charge is 2.41. The summed E-state index contributed by atoms with van der Waals surface area (Å²) in [7, 11) is -2.19. The molecule has 1 amide bonds. The molecule has 3 aromatic carbocycles. The zero-order valence-corrected chi connectivity index (χ0v) is 19.1. The Labute approximate surface area is 190 Å². The number of hydrogen-bond acceptors (Lipinski definition) is 4. The van der Waals surface area contributed by atoms with Crippen molar-refractivity contribution in [1.29, 1.82) is 0 Å². The molecule has 4 aromatic rings. The molecule has 8 nitrogen and oxygen atoms in total. The molecular weight excluding hydrogens is 440 g/mol. The van der Waals surface area contributed by atoms with E-state index in [1.54, 1.807) is 55.1 Å². The largest absolute Gasteiger partial charge is 0.318 e. The number of carbonyl (C=O) groups excluding carboxylic acids is 1. The van der Waals surface area contributed by atoms with Crippen molar-refractivity contribution in [2.24, 2.45) is 7.05 Å². The molecule has 5 rings (SSSR count). The number of benzene rings is 3. The summed E-state index contributed by atoms with van der Waals surface area (Å²) >= 11 is 0. The van der Waals surface area contributed by atoms with Gasteiger partial charge in [0, 0.05) is 12.4 Å². The normalized spacial score (nSPS) is 15.1. The standard InChI is InChI=1S/C24H22N4O4S/c1-15-22(24(30)27(26(15)3)18-11-5-4-6-12-18)25-23(29)16(2)28-19-13-7-9-17-10-8-14-20(21(17)19)33(28,31)32/h4-14,16H,1-3H3,(H,25,29). The van der Waals surface area contributed by atoms with E-state index in [1.807, 2.05) is 30.3 Å². The van der Waals surface area contributed by atoms with E-state index in [2.05, 4.69) is 5.32 Å². The maximum atomic E-state index is 13.3. The first-order valence-electron chi connectivity index (χ1n) is 10.4. The van der Waals surface area contributed by atoms with Crippen molar-refractivity contribution < 1.29 is 13.2 Å². The van der Waals surface area contributed by atoms with Crippen molar-refractivity contribution in [2.45, 2.75) is 24.8 Å². The number of aromatic nitrogens is 2. The van der Waals surface area contributed by atoms with Crippen LogP contribution in [0.25, 0.3) is 16.5 Å². The third-order valence-corrected chi connectivity index (χ3v) is 8.08. The van der Waals surface area contributed by atoms with Gasteiger partial charge in [-0.1, -0.05) is 42.5 Å². The lowest BCUT2D eigenvalue weighted by molar-refractivity contribution is -0.116. The van der Waals surface area contributed by atoms with Crippen LogP contribution in [0.4, 0.5) is 11.4 Å². The summed E-state index contributed by atoms with van der Waals surface area (Å²) in [5, 5.41) is 4.07. The molecule has 9 heteroatoms. The number of sulfonamides is 1. The van der Waals surface area contributed by atoms with Gasteiger partial charge in [0.2, 0.25) is 5.91 Å². The molecule has 0 saturated heterocycles. The minimum Gasteiger partial charge on any atom is -0.318 e. The second-order valence-electron chi connectivity index (χ2n) is 8.03. The van der Waals surface area contributed by atoms with Gasteiger partial charge in [-0.3, -0.25) is 18.6 Å². The maximum Gasteiger partial charge on any atom is 0.295 e. The Kier molecular flexibility index (Phi) is 4.68. The summed E-state index contributed by atoms with van der Waals surface area (Å²) < 4.78 is 30.9. The van der Waals surface area contributed by atoms with E-state index in [0.717, 1.165) is 9.69 Å². The molecule has 0 saturated carbocycles. The van der Waals surface area contributed by atoms with Crippen LogP contribution >= 0.6 is 0 Å². The summed E-state index contributed by atoms with van der Waals surface area (Å²) in [5.41, 5.74) is 1.39. The monoisotopic (exact) mass is 462 g/mol. The van der Waals surface area contributed by atoms with Gasteiger partial charge in [0.25, 0.3) is 15.6 Å². The number of nitrogens with zero attached hydrogens (tertiary/aromatic N) is 3. The molecule has 0 bridgehead atoms. The minimum absolute atomic E-state index is 0.116. The van der Waals surface area contributed by atoms with Gasteiger partial charge in [0.15, 0.2) is 0 Å². The van der Waals surface area contributed by atoms with Gasteiger partial charge in [0.1, 0.15) is 11.7 Å². The van der Waals surface area contributed by atoms with Gasteiger partial charge in [-0.05, 0) is 43.5 Å². The highest BCUT2D eigenvalue weighted by Crippen LogP contribution is 2.43. The van der Waals surface area contributed by atoms with Crippen LogP contribution in [0.1, 0.15) is 12.6 Å². The molecule has 0 fully saturated rings. The Hall–Kier alpha value is -3.85. The summed E-state index contributed by atoms with van der Waals surface area (Å²) in [4.78, 5) is 26.6. The molecule has 2 heterocycles. The van der Waals surface area contributed by atoms with Gasteiger partial charge in [-0.2, -0.15) is 0 Å². The first-order valence-corrected chi connectivity index (χ1v) is 11.9. The fraction of sp³-hybridized carbons (Fsp3) is 0.167. The zero-order chi connectivity index (χ0) is 23.5. The van der Waals surface area contributed by atoms with Crippen LogP contribution in [0.2, 0.25) is 0 Å². The van der Waals surface area contributed by atoms with E-state index in [9.17, 15) is 18.0 Å². The van der Waals surface area contributed by atoms with Crippen molar-refractivity contribution >= 4 is 38.1 Å². The van der Waals surface area contributed by atoms with Crippen LogP contribution in [-0.4, -0.2) is 29.7 Å². The van der Waals surface area contributed by atoms with Crippen LogP contribution < -0.4 is 15.2 Å². The second kappa shape index (κ2) is 7.35. The number of hydrogen-bond donors (Lipinski definition) is 1. The predicted molar refractivity (Wildman–Crippen MR) is 127 cm³/mol. The molecule has 0 aliphatic carbocycles. The number of amides is 1. The Morgan fingerprint density at radius 3 is 2.33 bits per heavy atom. The number of anilines is 2. The first-order chi connectivity index (χ1) is 15.7. The maximum absolute atomic E-state index is 13.3. The van der Waals surface area contributed by atoms with Crippen molar-refractivity contribution in [1.82, 2.24) is 9.36 Å². The van der Waals surface area contributed by atoms with Crippen LogP contribution in [0.15, 0.2) is 76.4 Å². The number of nitrogens with one attached hydrogen (secondary N) is 1. The molecular formula is C24H22N4O4S. The Morgan fingerprint density at radius 2 is 1.64 bits per heavy atom. The number of rotatable bonds is 4. The quantitative estimate of drug-likeness (QED) is 0.504. The van der Waals surface area contributed by atoms with Gasteiger partial charge in [-0.25, -0.2) is 13.1 Å². The number of para-hydroxylation sites is 1. The van der Waals surface area contributed by atoms with E-state index in [4.69, 9.17) is 0 Å². The lowest BCUT2D eigenvalue weighted by atomic mass is 10.1. The topological polar surface area (TPSA) is 93.4 Å². The van der Waals surface area contributed by atoms with E-state index in [0.29, 0.717) is 22.5 Å². The predicted octanol–water partition coefficient (Wildman–Crippen LogP) is 3.17. The summed E-state index contributed by atoms with van der Waals surface area (Å²) in [6.45, 7) is 3.25. The van der Waals surface area contributed by atoms with Crippen molar-refractivity contribution in [3.8, 4) is 5.69 Å². The van der Waals surface area contributed by atoms with Gasteiger partial charge in [-0.15, -0.1) is 0 Å². The molecule has 1 N–H and O–H groups in total. The molecule has 168 valence electrons. The zero-order valence-electron chi connectivity index (χ0n) is 18.3. The third-order valence-electron chi connectivity index (χ3n) is 6.15. The van der Waals surface area contributed by atoms with Crippen molar-refractivity contribution in [3.05, 3.63) is 82.8 Å². The molecule has 0 spiro atoms. The third kappa shape index (κ3) is 3.00. The Bertz CT molecular complexity index is 1580. The highest BCUT2D eigenvalue weighted by atomic mass is 32.2. The first kappa shape index (κ1) is 21.0. The Balaban J connectivity index is 1.53. The van der Waals surface area contributed by atoms with Gasteiger partial charge in [0.05, 0.1) is 22.0 Å². The lowest BCUT2D eigenvalue weighted by Gasteiger charge is -2.25. The molecule has 1 atom stereocenters. The second-order valence-corrected chi connectivity index (χ2v) is 9.82.